The fourth-order valence-electron chi connectivity index (χ4n) is 3.16. The lowest BCUT2D eigenvalue weighted by atomic mass is 10.0. The third-order valence-electron chi connectivity index (χ3n) is 4.62. The van der Waals surface area contributed by atoms with Gasteiger partial charge in [0.2, 0.25) is 5.91 Å². The number of aryl methyl sites for hydroxylation is 1. The van der Waals surface area contributed by atoms with Gasteiger partial charge in [0.05, 0.1) is 11.9 Å². The minimum absolute atomic E-state index is 0.0170. The molecule has 3 heterocycles. The Morgan fingerprint density at radius 2 is 2.04 bits per heavy atom. The van der Waals surface area contributed by atoms with Gasteiger partial charge < -0.3 is 10.2 Å². The summed E-state index contributed by atoms with van der Waals surface area (Å²) < 4.78 is 1.57. The summed E-state index contributed by atoms with van der Waals surface area (Å²) in [5, 5.41) is 11.3. The molecule has 0 bridgehead atoms. The summed E-state index contributed by atoms with van der Waals surface area (Å²) in [7, 11) is 0. The van der Waals surface area contributed by atoms with Crippen LogP contribution in [0.5, 0.6) is 0 Å². The summed E-state index contributed by atoms with van der Waals surface area (Å²) >= 11 is 0. The molecule has 1 amide bonds. The van der Waals surface area contributed by atoms with E-state index >= 15 is 0 Å². The SMILES string of the molecule is Cc1cccc(-c2cn(CC(=O)NC3CCN(C(C)C)CC3)nn2)n1. The smallest absolute Gasteiger partial charge is 0.242 e. The van der Waals surface area contributed by atoms with Crippen molar-refractivity contribution >= 4 is 5.91 Å². The van der Waals surface area contributed by atoms with Crippen LogP contribution in [0.15, 0.2) is 24.4 Å². The summed E-state index contributed by atoms with van der Waals surface area (Å²) in [4.78, 5) is 19.1. The summed E-state index contributed by atoms with van der Waals surface area (Å²) in [6.07, 6.45) is 3.77. The van der Waals surface area contributed by atoms with Gasteiger partial charge in [-0.05, 0) is 45.7 Å². The first-order valence-corrected chi connectivity index (χ1v) is 8.89. The zero-order chi connectivity index (χ0) is 17.8. The Hall–Kier alpha value is -2.28. The van der Waals surface area contributed by atoms with Crippen LogP contribution in [-0.4, -0.2) is 56.0 Å². The van der Waals surface area contributed by atoms with E-state index in [-0.39, 0.29) is 18.5 Å². The topological polar surface area (TPSA) is 75.9 Å². The van der Waals surface area contributed by atoms with Crippen LogP contribution in [0.1, 0.15) is 32.4 Å². The Labute approximate surface area is 148 Å². The molecule has 1 fully saturated rings. The highest BCUT2D eigenvalue weighted by atomic mass is 16.2. The molecular formula is C18H26N6O. The van der Waals surface area contributed by atoms with E-state index in [9.17, 15) is 4.79 Å². The highest BCUT2D eigenvalue weighted by molar-refractivity contribution is 5.76. The molecule has 134 valence electrons. The molecule has 0 saturated carbocycles. The number of amides is 1. The summed E-state index contributed by atoms with van der Waals surface area (Å²) in [6, 6.07) is 6.59. The van der Waals surface area contributed by atoms with Crippen molar-refractivity contribution in [2.24, 2.45) is 0 Å². The maximum Gasteiger partial charge on any atom is 0.242 e. The normalized spacial score (nSPS) is 16.3. The van der Waals surface area contributed by atoms with E-state index in [0.29, 0.717) is 11.7 Å². The number of carbonyl (C=O) groups excluding carboxylic acids is 1. The molecule has 2 aromatic rings. The third kappa shape index (κ3) is 4.63. The lowest BCUT2D eigenvalue weighted by Crippen LogP contribution is -2.47. The molecule has 1 saturated heterocycles. The molecule has 1 aliphatic rings. The van der Waals surface area contributed by atoms with E-state index in [0.717, 1.165) is 37.3 Å². The standard InChI is InChI=1S/C18H26N6O/c1-13(2)23-9-7-15(8-10-23)20-18(25)12-24-11-17(21-22-24)16-6-4-5-14(3)19-16/h4-6,11,13,15H,7-10,12H2,1-3H3,(H,20,25). The van der Waals surface area contributed by atoms with Crippen molar-refractivity contribution in [2.75, 3.05) is 13.1 Å². The van der Waals surface area contributed by atoms with E-state index in [1.807, 2.05) is 25.1 Å². The molecule has 0 atom stereocenters. The van der Waals surface area contributed by atoms with Crippen molar-refractivity contribution < 1.29 is 4.79 Å². The highest BCUT2D eigenvalue weighted by Gasteiger charge is 2.22. The number of hydrogen-bond donors (Lipinski definition) is 1. The lowest BCUT2D eigenvalue weighted by Gasteiger charge is -2.34. The van der Waals surface area contributed by atoms with Crippen LogP contribution in [0, 0.1) is 6.92 Å². The predicted molar refractivity (Wildman–Crippen MR) is 95.9 cm³/mol. The van der Waals surface area contributed by atoms with E-state index in [1.165, 1.54) is 0 Å². The number of nitrogens with zero attached hydrogens (tertiary/aromatic N) is 5. The number of rotatable bonds is 5. The molecule has 7 nitrogen and oxygen atoms in total. The number of likely N-dealkylation sites (tertiary alicyclic amines) is 1. The van der Waals surface area contributed by atoms with Crippen LogP contribution in [0.3, 0.4) is 0 Å². The van der Waals surface area contributed by atoms with Crippen molar-refractivity contribution in [1.82, 2.24) is 30.2 Å². The highest BCUT2D eigenvalue weighted by Crippen LogP contribution is 2.14. The van der Waals surface area contributed by atoms with E-state index < -0.39 is 0 Å². The molecule has 0 aromatic carbocycles. The molecule has 0 unspecified atom stereocenters. The molecule has 0 radical (unpaired) electrons. The number of aromatic nitrogens is 4. The molecular weight excluding hydrogens is 316 g/mol. The Bertz CT molecular complexity index is 718. The Kier molecular flexibility index (Phi) is 5.43. The van der Waals surface area contributed by atoms with Crippen LogP contribution < -0.4 is 5.32 Å². The molecule has 1 N–H and O–H groups in total. The molecule has 0 aliphatic carbocycles. The minimum atomic E-state index is -0.0170. The molecule has 2 aromatic heterocycles. The molecule has 25 heavy (non-hydrogen) atoms. The van der Waals surface area contributed by atoms with E-state index in [2.05, 4.69) is 39.4 Å². The van der Waals surface area contributed by atoms with Crippen LogP contribution in [0.25, 0.3) is 11.4 Å². The first kappa shape index (κ1) is 17.5. The summed E-state index contributed by atoms with van der Waals surface area (Å²) in [5.74, 6) is -0.0170. The predicted octanol–water partition coefficient (Wildman–Crippen LogP) is 1.64. The second-order valence-corrected chi connectivity index (χ2v) is 6.94. The maximum absolute atomic E-state index is 12.3. The second kappa shape index (κ2) is 7.74. The lowest BCUT2D eigenvalue weighted by molar-refractivity contribution is -0.122. The Balaban J connectivity index is 1.52. The van der Waals surface area contributed by atoms with Crippen molar-refractivity contribution in [3.63, 3.8) is 0 Å². The van der Waals surface area contributed by atoms with Crippen molar-refractivity contribution in [1.29, 1.82) is 0 Å². The van der Waals surface area contributed by atoms with Crippen molar-refractivity contribution in [3.8, 4) is 11.4 Å². The molecule has 3 rings (SSSR count). The van der Waals surface area contributed by atoms with Gasteiger partial charge in [-0.1, -0.05) is 11.3 Å². The zero-order valence-electron chi connectivity index (χ0n) is 15.1. The molecule has 1 aliphatic heterocycles. The van der Waals surface area contributed by atoms with Gasteiger partial charge in [0.1, 0.15) is 12.2 Å². The fourth-order valence-corrected chi connectivity index (χ4v) is 3.16. The van der Waals surface area contributed by atoms with Crippen molar-refractivity contribution in [3.05, 3.63) is 30.1 Å². The first-order chi connectivity index (χ1) is 12.0. The van der Waals surface area contributed by atoms with E-state index in [4.69, 9.17) is 0 Å². The van der Waals surface area contributed by atoms with Gasteiger partial charge in [0.25, 0.3) is 0 Å². The van der Waals surface area contributed by atoms with Crippen molar-refractivity contribution in [2.45, 2.75) is 52.2 Å². The third-order valence-corrected chi connectivity index (χ3v) is 4.62. The van der Waals surface area contributed by atoms with Gasteiger partial charge in [0.15, 0.2) is 0 Å². The number of hydrogen-bond acceptors (Lipinski definition) is 5. The number of nitrogens with one attached hydrogen (secondary N) is 1. The fraction of sp³-hybridized carbons (Fsp3) is 0.556. The average Bonchev–Trinajstić information content (AvgIpc) is 3.03. The quantitative estimate of drug-likeness (QED) is 0.894. The minimum Gasteiger partial charge on any atom is -0.352 e. The number of pyridine rings is 1. The Morgan fingerprint density at radius 3 is 2.72 bits per heavy atom. The summed E-state index contributed by atoms with van der Waals surface area (Å²) in [6.45, 7) is 8.62. The van der Waals surface area contributed by atoms with Gasteiger partial charge in [-0.3, -0.25) is 9.78 Å². The summed E-state index contributed by atoms with van der Waals surface area (Å²) in [5.41, 5.74) is 2.38. The van der Waals surface area contributed by atoms with Crippen LogP contribution in [0.2, 0.25) is 0 Å². The molecule has 7 heteroatoms. The van der Waals surface area contributed by atoms with Crippen LogP contribution in [0.4, 0.5) is 0 Å². The number of carbonyl (C=O) groups is 1. The largest absolute Gasteiger partial charge is 0.352 e. The van der Waals surface area contributed by atoms with Crippen LogP contribution >= 0.6 is 0 Å². The van der Waals surface area contributed by atoms with Gasteiger partial charge in [-0.2, -0.15) is 0 Å². The van der Waals surface area contributed by atoms with Gasteiger partial charge in [-0.15, -0.1) is 5.10 Å². The van der Waals surface area contributed by atoms with E-state index in [1.54, 1.807) is 10.9 Å². The maximum atomic E-state index is 12.3. The zero-order valence-corrected chi connectivity index (χ0v) is 15.1. The Morgan fingerprint density at radius 1 is 1.28 bits per heavy atom. The monoisotopic (exact) mass is 342 g/mol. The van der Waals surface area contributed by atoms with Gasteiger partial charge in [0, 0.05) is 30.9 Å². The second-order valence-electron chi connectivity index (χ2n) is 6.94. The van der Waals surface area contributed by atoms with Gasteiger partial charge >= 0.3 is 0 Å². The average molecular weight is 342 g/mol. The van der Waals surface area contributed by atoms with Gasteiger partial charge in [-0.25, -0.2) is 4.68 Å². The number of piperidine rings is 1. The first-order valence-electron chi connectivity index (χ1n) is 8.89. The van der Waals surface area contributed by atoms with Crippen LogP contribution in [-0.2, 0) is 11.3 Å². The molecule has 0 spiro atoms.